The second-order valence-corrected chi connectivity index (χ2v) is 7.69. The van der Waals surface area contributed by atoms with Crippen LogP contribution in [0.15, 0.2) is 65.7 Å². The first-order valence-corrected chi connectivity index (χ1v) is 10.3. The average Bonchev–Trinajstić information content (AvgIpc) is 3.06. The number of ether oxygens (including phenoxy) is 1. The Morgan fingerprint density at radius 1 is 1.07 bits per heavy atom. The van der Waals surface area contributed by atoms with Gasteiger partial charge in [0.05, 0.1) is 27.4 Å². The lowest BCUT2D eigenvalue weighted by molar-refractivity contribution is -0.143. The molecule has 0 saturated heterocycles. The molecule has 0 bridgehead atoms. The molecular formula is C22H17ClN2O3S. The molecule has 1 amide bonds. The van der Waals surface area contributed by atoms with Gasteiger partial charge in [-0.15, -0.1) is 0 Å². The number of carbonyl (C=O) groups excluding carboxylic acids is 2. The Labute approximate surface area is 175 Å². The zero-order valence-electron chi connectivity index (χ0n) is 15.6. The Hall–Kier alpha value is -2.96. The number of carbonyl (C=O) groups is 2. The number of esters is 1. The zero-order chi connectivity index (χ0) is 20.4. The molecule has 3 aromatic carbocycles. The summed E-state index contributed by atoms with van der Waals surface area (Å²) >= 11 is 7.52. The molecule has 0 atom stereocenters. The summed E-state index contributed by atoms with van der Waals surface area (Å²) in [5, 5.41) is 2.46. The largest absolute Gasteiger partial charge is 0.465 e. The lowest BCUT2D eigenvalue weighted by Crippen LogP contribution is -2.23. The van der Waals surface area contributed by atoms with E-state index in [9.17, 15) is 9.59 Å². The van der Waals surface area contributed by atoms with Crippen molar-refractivity contribution in [1.29, 1.82) is 0 Å². The van der Waals surface area contributed by atoms with Gasteiger partial charge in [-0.2, -0.15) is 4.99 Å². The highest BCUT2D eigenvalue weighted by atomic mass is 35.5. The van der Waals surface area contributed by atoms with E-state index in [0.717, 1.165) is 21.0 Å². The Balaban J connectivity index is 1.93. The quantitative estimate of drug-likeness (QED) is 0.441. The van der Waals surface area contributed by atoms with Crippen LogP contribution >= 0.6 is 22.9 Å². The van der Waals surface area contributed by atoms with E-state index < -0.39 is 5.91 Å². The van der Waals surface area contributed by atoms with Crippen molar-refractivity contribution in [3.8, 4) is 0 Å². The molecule has 4 rings (SSSR count). The molecule has 0 aliphatic carbocycles. The highest BCUT2D eigenvalue weighted by molar-refractivity contribution is 7.17. The number of halogens is 1. The van der Waals surface area contributed by atoms with E-state index in [2.05, 4.69) is 4.99 Å². The van der Waals surface area contributed by atoms with Gasteiger partial charge < -0.3 is 9.30 Å². The lowest BCUT2D eigenvalue weighted by Gasteiger charge is -2.06. The van der Waals surface area contributed by atoms with Crippen LogP contribution in [0.2, 0.25) is 5.02 Å². The van der Waals surface area contributed by atoms with Gasteiger partial charge in [0.15, 0.2) is 4.80 Å². The second-order valence-electron chi connectivity index (χ2n) is 6.31. The number of aromatic nitrogens is 1. The fraction of sp³-hybridized carbons (Fsp3) is 0.136. The van der Waals surface area contributed by atoms with Gasteiger partial charge in [-0.25, -0.2) is 0 Å². The van der Waals surface area contributed by atoms with Gasteiger partial charge >= 0.3 is 5.97 Å². The van der Waals surface area contributed by atoms with Gasteiger partial charge in [0.1, 0.15) is 6.54 Å². The molecule has 0 fully saturated rings. The van der Waals surface area contributed by atoms with Crippen LogP contribution in [0, 0.1) is 0 Å². The van der Waals surface area contributed by atoms with Crippen molar-refractivity contribution in [2.45, 2.75) is 13.5 Å². The molecule has 0 unspecified atom stereocenters. The van der Waals surface area contributed by atoms with Crippen LogP contribution in [0.3, 0.4) is 0 Å². The Kier molecular flexibility index (Phi) is 5.47. The van der Waals surface area contributed by atoms with Crippen LogP contribution in [0.5, 0.6) is 0 Å². The van der Waals surface area contributed by atoms with Gasteiger partial charge in [0.25, 0.3) is 5.91 Å². The summed E-state index contributed by atoms with van der Waals surface area (Å²) in [6.07, 6.45) is 0. The Morgan fingerprint density at radius 2 is 1.83 bits per heavy atom. The first kappa shape index (κ1) is 19.4. The first-order chi connectivity index (χ1) is 14.1. The summed E-state index contributed by atoms with van der Waals surface area (Å²) in [5.74, 6) is -0.837. The summed E-state index contributed by atoms with van der Waals surface area (Å²) in [6, 6.07) is 18.7. The standard InChI is InChI=1S/C22H17ClN2O3S/c1-2-28-19(26)13-25-18-12-11-14-7-3-4-8-15(14)20(18)29-22(25)24-21(27)16-9-5-6-10-17(16)23/h3-12H,2,13H2,1H3. The third kappa shape index (κ3) is 3.81. The average molecular weight is 425 g/mol. The van der Waals surface area contributed by atoms with Crippen LogP contribution < -0.4 is 4.80 Å². The molecule has 0 spiro atoms. The van der Waals surface area contributed by atoms with Crippen molar-refractivity contribution >= 4 is 55.8 Å². The molecule has 1 heterocycles. The number of fused-ring (bicyclic) bond motifs is 3. The number of amides is 1. The van der Waals surface area contributed by atoms with Crippen LogP contribution in [0.1, 0.15) is 17.3 Å². The van der Waals surface area contributed by atoms with E-state index in [1.54, 1.807) is 35.8 Å². The van der Waals surface area contributed by atoms with Gasteiger partial charge in [0.2, 0.25) is 0 Å². The second kappa shape index (κ2) is 8.19. The molecule has 7 heteroatoms. The third-order valence-corrected chi connectivity index (χ3v) is 5.92. The maximum atomic E-state index is 12.8. The van der Waals surface area contributed by atoms with E-state index in [1.807, 2.05) is 36.4 Å². The zero-order valence-corrected chi connectivity index (χ0v) is 17.2. The van der Waals surface area contributed by atoms with Crippen molar-refractivity contribution < 1.29 is 14.3 Å². The van der Waals surface area contributed by atoms with Crippen molar-refractivity contribution in [2.75, 3.05) is 6.61 Å². The van der Waals surface area contributed by atoms with E-state index >= 15 is 0 Å². The predicted octanol–water partition coefficient (Wildman–Crippen LogP) is 4.81. The van der Waals surface area contributed by atoms with Crippen molar-refractivity contribution in [3.05, 3.63) is 76.1 Å². The van der Waals surface area contributed by atoms with E-state index in [1.165, 1.54) is 11.3 Å². The van der Waals surface area contributed by atoms with Crippen LogP contribution in [0.4, 0.5) is 0 Å². The lowest BCUT2D eigenvalue weighted by atomic mass is 10.1. The van der Waals surface area contributed by atoms with Gasteiger partial charge in [-0.1, -0.05) is 65.4 Å². The van der Waals surface area contributed by atoms with Crippen LogP contribution in [0.25, 0.3) is 21.0 Å². The maximum Gasteiger partial charge on any atom is 0.326 e. The molecule has 4 aromatic rings. The van der Waals surface area contributed by atoms with Crippen molar-refractivity contribution in [1.82, 2.24) is 4.57 Å². The van der Waals surface area contributed by atoms with Crippen LogP contribution in [-0.2, 0) is 16.1 Å². The summed E-state index contributed by atoms with van der Waals surface area (Å²) in [4.78, 5) is 29.7. The minimum atomic E-state index is -0.455. The van der Waals surface area contributed by atoms with E-state index in [4.69, 9.17) is 16.3 Å². The van der Waals surface area contributed by atoms with Gasteiger partial charge in [0, 0.05) is 5.39 Å². The molecule has 0 radical (unpaired) electrons. The van der Waals surface area contributed by atoms with Crippen LogP contribution in [-0.4, -0.2) is 23.1 Å². The van der Waals surface area contributed by atoms with Crippen molar-refractivity contribution in [3.63, 3.8) is 0 Å². The van der Waals surface area contributed by atoms with Gasteiger partial charge in [-0.05, 0) is 30.5 Å². The van der Waals surface area contributed by atoms with Gasteiger partial charge in [-0.3, -0.25) is 9.59 Å². The molecule has 1 aromatic heterocycles. The number of rotatable bonds is 4. The Morgan fingerprint density at radius 3 is 2.62 bits per heavy atom. The monoisotopic (exact) mass is 424 g/mol. The summed E-state index contributed by atoms with van der Waals surface area (Å²) in [6.45, 7) is 2.02. The summed E-state index contributed by atoms with van der Waals surface area (Å²) < 4.78 is 7.79. The Bertz CT molecular complexity index is 1310. The smallest absolute Gasteiger partial charge is 0.326 e. The SMILES string of the molecule is CCOC(=O)Cn1c(=NC(=O)c2ccccc2Cl)sc2c3ccccc3ccc21. The number of hydrogen-bond acceptors (Lipinski definition) is 4. The highest BCUT2D eigenvalue weighted by Gasteiger charge is 2.15. The first-order valence-electron chi connectivity index (χ1n) is 9.08. The molecule has 0 saturated carbocycles. The minimum absolute atomic E-state index is 0.0270. The summed E-state index contributed by atoms with van der Waals surface area (Å²) in [7, 11) is 0. The van der Waals surface area contributed by atoms with E-state index in [-0.39, 0.29) is 19.1 Å². The maximum absolute atomic E-state index is 12.8. The molecule has 146 valence electrons. The highest BCUT2D eigenvalue weighted by Crippen LogP contribution is 2.28. The molecule has 29 heavy (non-hydrogen) atoms. The predicted molar refractivity (Wildman–Crippen MR) is 115 cm³/mol. The molecular weight excluding hydrogens is 408 g/mol. The van der Waals surface area contributed by atoms with E-state index in [0.29, 0.717) is 15.4 Å². The summed E-state index contributed by atoms with van der Waals surface area (Å²) in [5.41, 5.74) is 1.15. The van der Waals surface area contributed by atoms with Crippen molar-refractivity contribution in [2.24, 2.45) is 4.99 Å². The minimum Gasteiger partial charge on any atom is -0.465 e. The fourth-order valence-corrected chi connectivity index (χ4v) is 4.53. The normalized spacial score (nSPS) is 11.9. The molecule has 5 nitrogen and oxygen atoms in total. The number of thiazole rings is 1. The topological polar surface area (TPSA) is 60.7 Å². The fourth-order valence-electron chi connectivity index (χ4n) is 3.15. The third-order valence-electron chi connectivity index (χ3n) is 4.47. The molecule has 0 aliphatic heterocycles. The molecule has 0 N–H and O–H groups in total. The number of benzene rings is 3. The number of hydrogen-bond donors (Lipinski definition) is 0. The molecule has 0 aliphatic rings. The number of nitrogens with zero attached hydrogens (tertiary/aromatic N) is 2.